The summed E-state index contributed by atoms with van der Waals surface area (Å²) in [4.78, 5) is 1.38. The third kappa shape index (κ3) is 7.02. The van der Waals surface area contributed by atoms with Gasteiger partial charge in [0.1, 0.15) is 11.6 Å². The van der Waals surface area contributed by atoms with Crippen LogP contribution in [0.1, 0.15) is 38.8 Å². The number of rotatable bonds is 5. The fourth-order valence-electron chi connectivity index (χ4n) is 2.61. The molecule has 32 heavy (non-hydrogen) atoms. The van der Waals surface area contributed by atoms with E-state index in [1.165, 1.54) is 24.3 Å². The van der Waals surface area contributed by atoms with Crippen molar-refractivity contribution < 1.29 is 25.6 Å². The van der Waals surface area contributed by atoms with Gasteiger partial charge < -0.3 is 10.6 Å². The van der Waals surface area contributed by atoms with Gasteiger partial charge in [-0.05, 0) is 66.1 Å². The molecule has 2 aromatic carbocycles. The number of nitrogens with two attached hydrogens (primary N) is 3. The Morgan fingerprint density at radius 1 is 0.750 bits per heavy atom. The molecule has 2 aromatic rings. The highest BCUT2D eigenvalue weighted by Gasteiger charge is 2.27. The maximum atomic E-state index is 13.9. The molecule has 0 heterocycles. The molecular formula is C20H30F2N4O4S2. The van der Waals surface area contributed by atoms with E-state index in [1.54, 1.807) is 13.8 Å². The number of benzene rings is 2. The third-order valence-corrected chi connectivity index (χ3v) is 6.83. The summed E-state index contributed by atoms with van der Waals surface area (Å²) in [6.45, 7) is 6.95. The van der Waals surface area contributed by atoms with Gasteiger partial charge in [-0.2, -0.15) is 0 Å². The fraction of sp³-hybridized carbons (Fsp3) is 0.400. The van der Waals surface area contributed by atoms with Crippen molar-refractivity contribution in [2.24, 2.45) is 16.0 Å². The molecule has 0 aliphatic rings. The minimum Gasteiger partial charge on any atom is -0.322 e. The van der Waals surface area contributed by atoms with Gasteiger partial charge in [0.25, 0.3) is 0 Å². The summed E-state index contributed by atoms with van der Waals surface area (Å²) < 4.78 is 71.4. The molecular weight excluding hydrogens is 462 g/mol. The van der Waals surface area contributed by atoms with E-state index in [4.69, 9.17) is 16.0 Å². The molecule has 180 valence electrons. The van der Waals surface area contributed by atoms with Crippen LogP contribution >= 0.6 is 0 Å². The van der Waals surface area contributed by atoms with Gasteiger partial charge >= 0.3 is 0 Å². The van der Waals surface area contributed by atoms with E-state index >= 15 is 0 Å². The minimum atomic E-state index is -3.87. The molecule has 0 amide bonds. The molecule has 0 unspecified atom stereocenters. The highest BCUT2D eigenvalue weighted by atomic mass is 32.2. The Morgan fingerprint density at radius 3 is 1.34 bits per heavy atom. The van der Waals surface area contributed by atoms with Gasteiger partial charge in [-0.1, -0.05) is 12.1 Å². The van der Waals surface area contributed by atoms with Gasteiger partial charge in [-0.25, -0.2) is 35.9 Å². The lowest BCUT2D eigenvalue weighted by molar-refractivity contribution is 0.191. The number of hydrogen-bond donors (Lipinski definition) is 3. The Kier molecular flexibility index (Phi) is 8.33. The van der Waals surface area contributed by atoms with E-state index in [0.717, 1.165) is 12.1 Å². The molecule has 0 fully saturated rings. The molecule has 0 radical (unpaired) electrons. The van der Waals surface area contributed by atoms with E-state index in [0.29, 0.717) is 5.56 Å². The first kappa shape index (κ1) is 28.1. The van der Waals surface area contributed by atoms with Crippen LogP contribution in [0.5, 0.6) is 0 Å². The highest BCUT2D eigenvalue weighted by Crippen LogP contribution is 2.28. The van der Waals surface area contributed by atoms with Gasteiger partial charge in [-0.15, -0.1) is 0 Å². The zero-order valence-corrected chi connectivity index (χ0v) is 20.5. The SMILES string of the molecule is CC(C)(N)c1ccc(S(N)(=O)=O)cc1F.CN(C)C(C)(C)c1ccc(S(N)(=O)=O)cc1F. The average Bonchev–Trinajstić information content (AvgIpc) is 2.59. The first-order valence-electron chi connectivity index (χ1n) is 9.31. The maximum absolute atomic E-state index is 13.9. The molecule has 0 saturated heterocycles. The molecule has 0 atom stereocenters. The molecule has 0 bridgehead atoms. The Labute approximate surface area is 188 Å². The Bertz CT molecular complexity index is 1190. The van der Waals surface area contributed by atoms with Crippen molar-refractivity contribution in [3.05, 3.63) is 59.2 Å². The Balaban J connectivity index is 0.000000323. The van der Waals surface area contributed by atoms with Crippen LogP contribution in [0.4, 0.5) is 8.78 Å². The Morgan fingerprint density at radius 2 is 1.09 bits per heavy atom. The predicted octanol–water partition coefficient (Wildman–Crippen LogP) is 1.94. The van der Waals surface area contributed by atoms with E-state index in [9.17, 15) is 25.6 Å². The van der Waals surface area contributed by atoms with Crippen LogP contribution in [0, 0.1) is 11.6 Å². The van der Waals surface area contributed by atoms with Crippen molar-refractivity contribution in [2.75, 3.05) is 14.1 Å². The van der Waals surface area contributed by atoms with E-state index < -0.39 is 42.8 Å². The smallest absolute Gasteiger partial charge is 0.238 e. The summed E-state index contributed by atoms with van der Waals surface area (Å²) in [7, 11) is -4.08. The number of primary sulfonamides is 2. The van der Waals surface area contributed by atoms with Crippen LogP contribution in [-0.2, 0) is 31.1 Å². The average molecular weight is 493 g/mol. The van der Waals surface area contributed by atoms with Gasteiger partial charge in [0.2, 0.25) is 20.0 Å². The normalized spacial score (nSPS) is 13.0. The van der Waals surface area contributed by atoms with Crippen LogP contribution in [0.2, 0.25) is 0 Å². The molecule has 6 N–H and O–H groups in total. The fourth-order valence-corrected chi connectivity index (χ4v) is 3.66. The second-order valence-electron chi connectivity index (χ2n) is 8.55. The van der Waals surface area contributed by atoms with Crippen molar-refractivity contribution in [1.29, 1.82) is 0 Å². The van der Waals surface area contributed by atoms with Crippen LogP contribution in [0.15, 0.2) is 46.2 Å². The van der Waals surface area contributed by atoms with Crippen molar-refractivity contribution in [3.8, 4) is 0 Å². The van der Waals surface area contributed by atoms with Crippen LogP contribution in [0.3, 0.4) is 0 Å². The second kappa shape index (κ2) is 9.49. The maximum Gasteiger partial charge on any atom is 0.238 e. The molecule has 2 rings (SSSR count). The highest BCUT2D eigenvalue weighted by molar-refractivity contribution is 7.89. The summed E-state index contributed by atoms with van der Waals surface area (Å²) in [6.07, 6.45) is 0. The standard InChI is InChI=1S/C11H17FN2O2S.C9H13FN2O2S/c1-11(2,14(3)4)9-6-5-8(7-10(9)12)17(13,15)16;1-9(2,11)7-4-3-6(5-8(7)10)15(12,13)14/h5-7H,1-4H3,(H2,13,15,16);3-5H,11H2,1-2H3,(H2,12,13,14). The minimum absolute atomic E-state index is 0.215. The topological polar surface area (TPSA) is 150 Å². The molecule has 0 saturated carbocycles. The summed E-state index contributed by atoms with van der Waals surface area (Å²) in [5.74, 6) is -1.25. The van der Waals surface area contributed by atoms with E-state index in [1.807, 2.05) is 32.8 Å². The van der Waals surface area contributed by atoms with Crippen molar-refractivity contribution in [1.82, 2.24) is 4.90 Å². The van der Waals surface area contributed by atoms with E-state index in [-0.39, 0.29) is 15.4 Å². The summed E-state index contributed by atoms with van der Waals surface area (Å²) in [6, 6.07) is 7.17. The molecule has 0 aliphatic carbocycles. The lowest BCUT2D eigenvalue weighted by atomic mass is 9.92. The molecule has 0 aromatic heterocycles. The Hall–Kier alpha value is -1.96. The van der Waals surface area contributed by atoms with Gasteiger partial charge in [-0.3, -0.25) is 0 Å². The summed E-state index contributed by atoms with van der Waals surface area (Å²) >= 11 is 0. The van der Waals surface area contributed by atoms with E-state index in [2.05, 4.69) is 0 Å². The lowest BCUT2D eigenvalue weighted by Gasteiger charge is -2.33. The first-order chi connectivity index (χ1) is 14.2. The van der Waals surface area contributed by atoms with Crippen molar-refractivity contribution in [3.63, 3.8) is 0 Å². The second-order valence-corrected chi connectivity index (χ2v) is 11.7. The summed E-state index contributed by atoms with van der Waals surface area (Å²) in [5, 5.41) is 9.80. The van der Waals surface area contributed by atoms with Crippen molar-refractivity contribution in [2.45, 2.75) is 48.6 Å². The molecule has 12 heteroatoms. The number of halogens is 2. The zero-order chi connectivity index (χ0) is 25.3. The molecule has 0 aliphatic heterocycles. The third-order valence-electron chi connectivity index (χ3n) is 5.01. The molecule has 8 nitrogen and oxygen atoms in total. The lowest BCUT2D eigenvalue weighted by Crippen LogP contribution is -2.36. The zero-order valence-electron chi connectivity index (χ0n) is 18.8. The van der Waals surface area contributed by atoms with Gasteiger partial charge in [0.15, 0.2) is 0 Å². The first-order valence-corrected chi connectivity index (χ1v) is 12.4. The quantitative estimate of drug-likeness (QED) is 0.580. The monoisotopic (exact) mass is 492 g/mol. The number of sulfonamides is 2. The van der Waals surface area contributed by atoms with Crippen molar-refractivity contribution >= 4 is 20.0 Å². The summed E-state index contributed by atoms with van der Waals surface area (Å²) in [5.41, 5.74) is 4.98. The number of hydrogen-bond acceptors (Lipinski definition) is 6. The predicted molar refractivity (Wildman–Crippen MR) is 119 cm³/mol. The van der Waals surface area contributed by atoms with Crippen LogP contribution < -0.4 is 16.0 Å². The number of nitrogens with zero attached hydrogens (tertiary/aromatic N) is 1. The molecule has 0 spiro atoms. The largest absolute Gasteiger partial charge is 0.322 e. The van der Waals surface area contributed by atoms with Gasteiger partial charge in [0.05, 0.1) is 9.79 Å². The van der Waals surface area contributed by atoms with Crippen LogP contribution in [-0.4, -0.2) is 35.8 Å². The van der Waals surface area contributed by atoms with Crippen LogP contribution in [0.25, 0.3) is 0 Å². The van der Waals surface area contributed by atoms with Gasteiger partial charge in [0, 0.05) is 22.2 Å².